The van der Waals surface area contributed by atoms with Crippen LogP contribution in [0.5, 0.6) is 5.75 Å². The number of aromatic nitrogens is 3. The third-order valence-electron chi connectivity index (χ3n) is 5.22. The van der Waals surface area contributed by atoms with Gasteiger partial charge in [0.05, 0.1) is 35.6 Å². The van der Waals surface area contributed by atoms with Crippen molar-refractivity contribution < 1.29 is 19.1 Å². The molecule has 1 N–H and O–H groups in total. The van der Waals surface area contributed by atoms with Crippen LogP contribution in [0.15, 0.2) is 66.9 Å². The molecule has 4 rings (SSSR count). The lowest BCUT2D eigenvalue weighted by Gasteiger charge is -2.15. The molecule has 0 fully saturated rings. The second-order valence-corrected chi connectivity index (χ2v) is 7.36. The third-order valence-corrected chi connectivity index (χ3v) is 5.22. The van der Waals surface area contributed by atoms with Crippen molar-refractivity contribution in [2.45, 2.75) is 26.5 Å². The lowest BCUT2D eigenvalue weighted by atomic mass is 10.1. The number of carbonyl (C=O) groups is 2. The van der Waals surface area contributed by atoms with E-state index in [-0.39, 0.29) is 0 Å². The summed E-state index contributed by atoms with van der Waals surface area (Å²) in [5.41, 5.74) is 2.86. The first-order chi connectivity index (χ1) is 16.0. The van der Waals surface area contributed by atoms with Crippen molar-refractivity contribution in [1.82, 2.24) is 14.8 Å². The zero-order valence-electron chi connectivity index (χ0n) is 18.6. The number of amides is 1. The zero-order valence-corrected chi connectivity index (χ0v) is 18.6. The molecule has 0 aliphatic rings. The van der Waals surface area contributed by atoms with Crippen molar-refractivity contribution in [3.05, 3.63) is 72.4 Å². The summed E-state index contributed by atoms with van der Waals surface area (Å²) in [4.78, 5) is 30.5. The van der Waals surface area contributed by atoms with Gasteiger partial charge in [-0.2, -0.15) is 5.10 Å². The first-order valence-corrected chi connectivity index (χ1v) is 10.6. The summed E-state index contributed by atoms with van der Waals surface area (Å²) in [6.07, 6.45) is 0.559. The van der Waals surface area contributed by atoms with Gasteiger partial charge in [-0.05, 0) is 32.0 Å². The maximum Gasteiger partial charge on any atom is 0.339 e. The number of anilines is 1. The summed E-state index contributed by atoms with van der Waals surface area (Å²) >= 11 is 0. The number of ether oxygens (including phenoxy) is 2. The number of carbonyl (C=O) groups excluding carboxylic acids is 2. The molecular formula is C25H24N4O4. The van der Waals surface area contributed by atoms with Gasteiger partial charge in [0.1, 0.15) is 5.75 Å². The number of aryl methyl sites for hydroxylation is 1. The molecule has 1 atom stereocenters. The van der Waals surface area contributed by atoms with E-state index in [1.54, 1.807) is 41.2 Å². The van der Waals surface area contributed by atoms with Crippen LogP contribution in [0.1, 0.15) is 24.2 Å². The lowest BCUT2D eigenvalue weighted by Crippen LogP contribution is -2.30. The van der Waals surface area contributed by atoms with Gasteiger partial charge >= 0.3 is 5.97 Å². The Balaban J connectivity index is 1.62. The number of fused-ring (bicyclic) bond motifs is 1. The topological polar surface area (TPSA) is 95.3 Å². The predicted octanol–water partition coefficient (Wildman–Crippen LogP) is 4.31. The van der Waals surface area contributed by atoms with Gasteiger partial charge in [0.25, 0.3) is 5.91 Å². The number of nitrogens with zero attached hydrogens (tertiary/aromatic N) is 3. The second kappa shape index (κ2) is 9.52. The van der Waals surface area contributed by atoms with Crippen molar-refractivity contribution in [2.24, 2.45) is 0 Å². The van der Waals surface area contributed by atoms with Crippen LogP contribution < -0.4 is 10.1 Å². The third kappa shape index (κ3) is 4.55. The number of hydrogen-bond donors (Lipinski definition) is 1. The Morgan fingerprint density at radius 1 is 1.09 bits per heavy atom. The van der Waals surface area contributed by atoms with Crippen LogP contribution >= 0.6 is 0 Å². The minimum atomic E-state index is -1.04. The number of rotatable bonds is 7. The minimum absolute atomic E-state index is 0.301. The van der Waals surface area contributed by atoms with Gasteiger partial charge in [-0.3, -0.25) is 4.79 Å². The molecular weight excluding hydrogens is 420 g/mol. The normalized spacial score (nSPS) is 11.7. The molecule has 8 nitrogen and oxygen atoms in total. The fourth-order valence-corrected chi connectivity index (χ4v) is 3.46. The average Bonchev–Trinajstić information content (AvgIpc) is 3.27. The summed E-state index contributed by atoms with van der Waals surface area (Å²) in [5.74, 6) is -0.580. The summed E-state index contributed by atoms with van der Waals surface area (Å²) in [7, 11) is 1.52. The predicted molar refractivity (Wildman–Crippen MR) is 125 cm³/mol. The Bertz CT molecular complexity index is 1300. The number of pyridine rings is 1. The Kier molecular flexibility index (Phi) is 6.35. The summed E-state index contributed by atoms with van der Waals surface area (Å²) < 4.78 is 12.5. The van der Waals surface area contributed by atoms with E-state index >= 15 is 0 Å². The minimum Gasteiger partial charge on any atom is -0.495 e. The van der Waals surface area contributed by atoms with E-state index < -0.39 is 18.0 Å². The first kappa shape index (κ1) is 22.0. The van der Waals surface area contributed by atoms with Crippen LogP contribution in [0.3, 0.4) is 0 Å². The van der Waals surface area contributed by atoms with Gasteiger partial charge in [-0.25, -0.2) is 14.5 Å². The van der Waals surface area contributed by atoms with Crippen molar-refractivity contribution in [1.29, 1.82) is 0 Å². The number of esters is 1. The highest BCUT2D eigenvalue weighted by Gasteiger charge is 2.23. The van der Waals surface area contributed by atoms with E-state index in [0.29, 0.717) is 40.3 Å². The van der Waals surface area contributed by atoms with E-state index in [2.05, 4.69) is 10.4 Å². The highest BCUT2D eigenvalue weighted by atomic mass is 16.5. The molecule has 2 heterocycles. The summed E-state index contributed by atoms with van der Waals surface area (Å²) in [6, 6.07) is 18.2. The molecule has 0 saturated carbocycles. The molecule has 1 unspecified atom stereocenters. The molecule has 2 aromatic carbocycles. The summed E-state index contributed by atoms with van der Waals surface area (Å²) in [5, 5.41) is 7.64. The maximum absolute atomic E-state index is 13.1. The molecule has 0 radical (unpaired) electrons. The summed E-state index contributed by atoms with van der Waals surface area (Å²) in [6.45, 7) is 4.07. The standard InChI is InChI=1S/C25H24N4O4/c1-4-29-23-19(15-26-29)18(14-21(27-23)17-10-6-5-7-11-17)25(31)33-16(2)24(30)28-20-12-8-9-13-22(20)32-3/h5-16H,4H2,1-3H3,(H,28,30). The number of para-hydroxylation sites is 2. The van der Waals surface area contributed by atoms with E-state index in [0.717, 1.165) is 5.56 Å². The van der Waals surface area contributed by atoms with E-state index in [1.807, 2.05) is 37.3 Å². The van der Waals surface area contributed by atoms with Gasteiger partial charge in [0, 0.05) is 12.1 Å². The van der Waals surface area contributed by atoms with E-state index in [9.17, 15) is 9.59 Å². The Morgan fingerprint density at radius 2 is 1.82 bits per heavy atom. The van der Waals surface area contributed by atoms with Crippen LogP contribution in [0.25, 0.3) is 22.3 Å². The van der Waals surface area contributed by atoms with Crippen LogP contribution in [-0.4, -0.2) is 39.9 Å². The van der Waals surface area contributed by atoms with Crippen molar-refractivity contribution in [2.75, 3.05) is 12.4 Å². The molecule has 0 bridgehead atoms. The molecule has 168 valence electrons. The Morgan fingerprint density at radius 3 is 2.55 bits per heavy atom. The average molecular weight is 444 g/mol. The molecule has 8 heteroatoms. The quantitative estimate of drug-likeness (QED) is 0.427. The van der Waals surface area contributed by atoms with Crippen LogP contribution in [0.4, 0.5) is 5.69 Å². The second-order valence-electron chi connectivity index (χ2n) is 7.36. The van der Waals surface area contributed by atoms with E-state index in [1.165, 1.54) is 14.0 Å². The van der Waals surface area contributed by atoms with Gasteiger partial charge in [-0.1, -0.05) is 42.5 Å². The van der Waals surface area contributed by atoms with Crippen molar-refractivity contribution in [3.8, 4) is 17.0 Å². The molecule has 0 aliphatic carbocycles. The SMILES string of the molecule is CCn1ncc2c(C(=O)OC(C)C(=O)Nc3ccccc3OC)cc(-c3ccccc3)nc21. The van der Waals surface area contributed by atoms with Crippen LogP contribution in [0.2, 0.25) is 0 Å². The lowest BCUT2D eigenvalue weighted by molar-refractivity contribution is -0.123. The molecule has 33 heavy (non-hydrogen) atoms. The molecule has 2 aromatic heterocycles. The first-order valence-electron chi connectivity index (χ1n) is 10.6. The van der Waals surface area contributed by atoms with Crippen molar-refractivity contribution >= 4 is 28.6 Å². The number of methoxy groups -OCH3 is 1. The highest BCUT2D eigenvalue weighted by Crippen LogP contribution is 2.26. The Labute approximate surface area is 191 Å². The molecule has 4 aromatic rings. The number of hydrogen-bond acceptors (Lipinski definition) is 6. The molecule has 0 spiro atoms. The van der Waals surface area contributed by atoms with Gasteiger partial charge in [0.15, 0.2) is 11.8 Å². The monoisotopic (exact) mass is 444 g/mol. The molecule has 1 amide bonds. The van der Waals surface area contributed by atoms with Gasteiger partial charge in [-0.15, -0.1) is 0 Å². The fourth-order valence-electron chi connectivity index (χ4n) is 3.46. The Hall–Kier alpha value is -4.20. The fraction of sp³-hybridized carbons (Fsp3) is 0.200. The van der Waals surface area contributed by atoms with Crippen molar-refractivity contribution in [3.63, 3.8) is 0 Å². The smallest absolute Gasteiger partial charge is 0.339 e. The molecule has 0 saturated heterocycles. The van der Waals surface area contributed by atoms with Crippen LogP contribution in [0, 0.1) is 0 Å². The largest absolute Gasteiger partial charge is 0.495 e. The maximum atomic E-state index is 13.1. The van der Waals surface area contributed by atoms with Gasteiger partial charge < -0.3 is 14.8 Å². The number of nitrogens with one attached hydrogen (secondary N) is 1. The van der Waals surface area contributed by atoms with Crippen LogP contribution in [-0.2, 0) is 16.1 Å². The zero-order chi connectivity index (χ0) is 23.4. The number of benzene rings is 2. The van der Waals surface area contributed by atoms with E-state index in [4.69, 9.17) is 14.5 Å². The van der Waals surface area contributed by atoms with Gasteiger partial charge in [0.2, 0.25) is 0 Å². The molecule has 0 aliphatic heterocycles. The highest BCUT2D eigenvalue weighted by molar-refractivity contribution is 6.05.